The topological polar surface area (TPSA) is 54.3 Å². The highest BCUT2D eigenvalue weighted by atomic mass is 16.2. The molecule has 1 amide bonds. The molecule has 1 saturated heterocycles. The van der Waals surface area contributed by atoms with Crippen LogP contribution in [0.3, 0.4) is 0 Å². The molecule has 1 aromatic rings. The lowest BCUT2D eigenvalue weighted by molar-refractivity contribution is -0.130. The number of likely N-dealkylation sites (tertiary alicyclic amines) is 1. The Bertz CT molecular complexity index is 551. The van der Waals surface area contributed by atoms with Crippen molar-refractivity contribution in [2.45, 2.75) is 78.0 Å². The Hall–Kier alpha value is -1.43. The molecular weight excluding hydrogens is 290 g/mol. The number of rotatable bonds is 7. The zero-order valence-corrected chi connectivity index (χ0v) is 14.7. The van der Waals surface area contributed by atoms with Gasteiger partial charge in [-0.15, -0.1) is 10.2 Å². The summed E-state index contributed by atoms with van der Waals surface area (Å²) in [6.07, 6.45) is 5.83. The van der Waals surface area contributed by atoms with Gasteiger partial charge in [0.15, 0.2) is 0 Å². The first kappa shape index (κ1) is 16.4. The van der Waals surface area contributed by atoms with Crippen LogP contribution in [0.4, 0.5) is 0 Å². The van der Waals surface area contributed by atoms with Crippen LogP contribution in [0, 0.1) is 6.92 Å². The maximum absolute atomic E-state index is 11.9. The van der Waals surface area contributed by atoms with Crippen molar-refractivity contribution in [1.29, 1.82) is 0 Å². The van der Waals surface area contributed by atoms with Crippen molar-refractivity contribution in [3.63, 3.8) is 0 Å². The van der Waals surface area contributed by atoms with Crippen molar-refractivity contribution in [2.24, 2.45) is 0 Å². The summed E-state index contributed by atoms with van der Waals surface area (Å²) in [5.74, 6) is 2.29. The molecule has 1 aliphatic carbocycles. The zero-order chi connectivity index (χ0) is 16.4. The first-order chi connectivity index (χ1) is 11.1. The quantitative estimate of drug-likeness (QED) is 0.771. The lowest BCUT2D eigenvalue weighted by Crippen LogP contribution is -2.43. The Balaban J connectivity index is 1.66. The molecule has 0 N–H and O–H groups in total. The predicted octanol–water partition coefficient (Wildman–Crippen LogP) is 1.97. The van der Waals surface area contributed by atoms with Crippen LogP contribution in [0.2, 0.25) is 0 Å². The van der Waals surface area contributed by atoms with E-state index in [1.165, 1.54) is 25.7 Å². The van der Waals surface area contributed by atoms with Crippen LogP contribution >= 0.6 is 0 Å². The van der Waals surface area contributed by atoms with Gasteiger partial charge in [-0.2, -0.15) is 0 Å². The van der Waals surface area contributed by atoms with Crippen molar-refractivity contribution in [2.75, 3.05) is 13.1 Å². The molecule has 128 valence electrons. The molecule has 6 heteroatoms. The first-order valence-electron chi connectivity index (χ1n) is 9.00. The summed E-state index contributed by atoms with van der Waals surface area (Å²) >= 11 is 0. The van der Waals surface area contributed by atoms with Gasteiger partial charge < -0.3 is 9.47 Å². The summed E-state index contributed by atoms with van der Waals surface area (Å²) in [5.41, 5.74) is 0. The van der Waals surface area contributed by atoms with Crippen molar-refractivity contribution >= 4 is 5.91 Å². The molecule has 0 unspecified atom stereocenters. The van der Waals surface area contributed by atoms with Crippen LogP contribution in [-0.4, -0.2) is 55.6 Å². The van der Waals surface area contributed by atoms with Crippen LogP contribution in [0.1, 0.15) is 57.6 Å². The third-order valence-electron chi connectivity index (χ3n) is 5.10. The second-order valence-corrected chi connectivity index (χ2v) is 6.98. The SMILES string of the molecule is CCCn1c(C)nnc1CN1CCC[C@@H]1CN(C(C)=O)C1CC1. The van der Waals surface area contributed by atoms with E-state index in [1.807, 2.05) is 6.92 Å². The summed E-state index contributed by atoms with van der Waals surface area (Å²) < 4.78 is 2.24. The molecule has 6 nitrogen and oxygen atoms in total. The Morgan fingerprint density at radius 3 is 2.74 bits per heavy atom. The summed E-state index contributed by atoms with van der Waals surface area (Å²) in [6.45, 7) is 9.72. The number of hydrogen-bond donors (Lipinski definition) is 0. The summed E-state index contributed by atoms with van der Waals surface area (Å²) in [6, 6.07) is 0.965. The maximum Gasteiger partial charge on any atom is 0.219 e. The number of nitrogens with zero attached hydrogens (tertiary/aromatic N) is 5. The Labute approximate surface area is 138 Å². The van der Waals surface area contributed by atoms with Crippen LogP contribution in [0.5, 0.6) is 0 Å². The van der Waals surface area contributed by atoms with Crippen molar-refractivity contribution in [3.05, 3.63) is 11.6 Å². The average molecular weight is 319 g/mol. The standard InChI is InChI=1S/C17H29N5O/c1-4-9-21-13(2)18-19-17(21)12-20-10-5-6-16(20)11-22(14(3)23)15-7-8-15/h15-16H,4-12H2,1-3H3/t16-/m1/s1. The van der Waals surface area contributed by atoms with E-state index < -0.39 is 0 Å². The van der Waals surface area contributed by atoms with E-state index in [-0.39, 0.29) is 5.91 Å². The first-order valence-corrected chi connectivity index (χ1v) is 9.00. The van der Waals surface area contributed by atoms with E-state index in [0.29, 0.717) is 12.1 Å². The maximum atomic E-state index is 11.9. The average Bonchev–Trinajstić information content (AvgIpc) is 3.18. The smallest absolute Gasteiger partial charge is 0.219 e. The van der Waals surface area contributed by atoms with E-state index in [4.69, 9.17) is 0 Å². The third-order valence-corrected chi connectivity index (χ3v) is 5.10. The van der Waals surface area contributed by atoms with Gasteiger partial charge in [0.1, 0.15) is 11.6 Å². The molecule has 0 spiro atoms. The van der Waals surface area contributed by atoms with Crippen LogP contribution in [0.15, 0.2) is 0 Å². The van der Waals surface area contributed by atoms with E-state index >= 15 is 0 Å². The Morgan fingerprint density at radius 2 is 2.09 bits per heavy atom. The van der Waals surface area contributed by atoms with Gasteiger partial charge in [-0.25, -0.2) is 0 Å². The Morgan fingerprint density at radius 1 is 1.30 bits per heavy atom. The van der Waals surface area contributed by atoms with E-state index in [2.05, 4.69) is 31.5 Å². The van der Waals surface area contributed by atoms with Gasteiger partial charge in [0.25, 0.3) is 0 Å². The molecule has 2 heterocycles. The highest BCUT2D eigenvalue weighted by Gasteiger charge is 2.35. The van der Waals surface area contributed by atoms with Gasteiger partial charge in [-0.1, -0.05) is 6.92 Å². The third kappa shape index (κ3) is 3.74. The second-order valence-electron chi connectivity index (χ2n) is 6.98. The lowest BCUT2D eigenvalue weighted by atomic mass is 10.2. The molecule has 0 bridgehead atoms. The molecule has 2 aliphatic rings. The largest absolute Gasteiger partial charge is 0.338 e. The van der Waals surface area contributed by atoms with Crippen LogP contribution < -0.4 is 0 Å². The highest BCUT2D eigenvalue weighted by Crippen LogP contribution is 2.29. The minimum absolute atomic E-state index is 0.226. The van der Waals surface area contributed by atoms with Crippen LogP contribution in [-0.2, 0) is 17.9 Å². The lowest BCUT2D eigenvalue weighted by Gasteiger charge is -2.30. The van der Waals surface area contributed by atoms with Crippen molar-refractivity contribution < 1.29 is 4.79 Å². The molecule has 0 aromatic carbocycles. The minimum atomic E-state index is 0.226. The van der Waals surface area contributed by atoms with Crippen LogP contribution in [0.25, 0.3) is 0 Å². The van der Waals surface area contributed by atoms with Gasteiger partial charge >= 0.3 is 0 Å². The minimum Gasteiger partial charge on any atom is -0.338 e. The van der Waals surface area contributed by atoms with Gasteiger partial charge in [0.05, 0.1) is 6.54 Å². The van der Waals surface area contributed by atoms with Gasteiger partial charge in [-0.3, -0.25) is 9.69 Å². The van der Waals surface area contributed by atoms with Gasteiger partial charge in [0.2, 0.25) is 5.91 Å². The van der Waals surface area contributed by atoms with Gasteiger partial charge in [0, 0.05) is 32.1 Å². The fraction of sp³-hybridized carbons (Fsp3) is 0.824. The number of carbonyl (C=O) groups excluding carboxylic acids is 1. The monoisotopic (exact) mass is 319 g/mol. The number of aromatic nitrogens is 3. The van der Waals surface area contributed by atoms with E-state index in [9.17, 15) is 4.79 Å². The zero-order valence-electron chi connectivity index (χ0n) is 14.7. The van der Waals surface area contributed by atoms with E-state index in [1.54, 1.807) is 6.92 Å². The molecule has 3 rings (SSSR count). The summed E-state index contributed by atoms with van der Waals surface area (Å²) in [4.78, 5) is 16.5. The molecule has 0 radical (unpaired) electrons. The fourth-order valence-corrected chi connectivity index (χ4v) is 3.70. The van der Waals surface area contributed by atoms with Crippen molar-refractivity contribution in [3.8, 4) is 0 Å². The highest BCUT2D eigenvalue weighted by molar-refractivity contribution is 5.74. The number of aryl methyl sites for hydroxylation is 1. The molecule has 1 aliphatic heterocycles. The second kappa shape index (κ2) is 6.99. The molecule has 1 atom stereocenters. The molecule has 1 saturated carbocycles. The molecular formula is C17H29N5O. The van der Waals surface area contributed by atoms with E-state index in [0.717, 1.165) is 44.2 Å². The molecule has 1 aromatic heterocycles. The normalized spacial score (nSPS) is 21.8. The fourth-order valence-electron chi connectivity index (χ4n) is 3.70. The number of amides is 1. The predicted molar refractivity (Wildman–Crippen MR) is 88.9 cm³/mol. The summed E-state index contributed by atoms with van der Waals surface area (Å²) in [5, 5.41) is 8.64. The molecule has 2 fully saturated rings. The Kier molecular flexibility index (Phi) is 4.99. The van der Waals surface area contributed by atoms with Gasteiger partial charge in [-0.05, 0) is 45.6 Å². The van der Waals surface area contributed by atoms with Crippen molar-refractivity contribution in [1.82, 2.24) is 24.6 Å². The number of carbonyl (C=O) groups is 1. The number of hydrogen-bond acceptors (Lipinski definition) is 4. The molecule has 23 heavy (non-hydrogen) atoms. The summed E-state index contributed by atoms with van der Waals surface area (Å²) in [7, 11) is 0.